The van der Waals surface area contributed by atoms with Crippen molar-refractivity contribution in [1.29, 1.82) is 0 Å². The van der Waals surface area contributed by atoms with Crippen LogP contribution in [0.3, 0.4) is 0 Å². The van der Waals surface area contributed by atoms with Crippen molar-refractivity contribution in [3.05, 3.63) is 0 Å². The average molecular weight is 383 g/mol. The van der Waals surface area contributed by atoms with E-state index in [1.165, 1.54) is 116 Å². The molecule has 1 nitrogen and oxygen atoms in total. The summed E-state index contributed by atoms with van der Waals surface area (Å²) >= 11 is 0. The Balaban J connectivity index is 4.49. The van der Waals surface area contributed by atoms with Crippen LogP contribution in [0.4, 0.5) is 0 Å². The molecule has 0 N–H and O–H groups in total. The molecular formula is C26H54O. The highest BCUT2D eigenvalue weighted by Gasteiger charge is 2.43. The minimum atomic E-state index is -0.00639. The van der Waals surface area contributed by atoms with Gasteiger partial charge in [-0.25, -0.2) is 0 Å². The lowest BCUT2D eigenvalue weighted by atomic mass is 9.64. The van der Waals surface area contributed by atoms with E-state index >= 15 is 0 Å². The molecule has 0 spiro atoms. The highest BCUT2D eigenvalue weighted by molar-refractivity contribution is 4.94. The number of unbranched alkanes of at least 4 members (excludes halogenated alkanes) is 12. The third-order valence-electron chi connectivity index (χ3n) is 7.03. The van der Waals surface area contributed by atoms with E-state index in [1.807, 2.05) is 7.11 Å². The quantitative estimate of drug-likeness (QED) is 0.190. The van der Waals surface area contributed by atoms with Crippen molar-refractivity contribution in [2.75, 3.05) is 7.11 Å². The van der Waals surface area contributed by atoms with Crippen LogP contribution in [0.15, 0.2) is 0 Å². The van der Waals surface area contributed by atoms with Gasteiger partial charge in [0.05, 0.1) is 5.60 Å². The molecule has 27 heavy (non-hydrogen) atoms. The first-order valence-corrected chi connectivity index (χ1v) is 12.5. The van der Waals surface area contributed by atoms with E-state index in [-0.39, 0.29) is 5.60 Å². The van der Waals surface area contributed by atoms with Gasteiger partial charge in [0.25, 0.3) is 0 Å². The van der Waals surface area contributed by atoms with Crippen LogP contribution >= 0.6 is 0 Å². The Bertz CT molecular complexity index is 309. The Hall–Kier alpha value is -0.0400. The largest absolute Gasteiger partial charge is 0.378 e. The van der Waals surface area contributed by atoms with E-state index in [1.54, 1.807) is 0 Å². The van der Waals surface area contributed by atoms with Crippen LogP contribution in [0.2, 0.25) is 0 Å². The first-order valence-electron chi connectivity index (χ1n) is 12.5. The van der Waals surface area contributed by atoms with Gasteiger partial charge < -0.3 is 4.74 Å². The molecule has 0 bridgehead atoms. The van der Waals surface area contributed by atoms with Gasteiger partial charge in [-0.3, -0.25) is 0 Å². The molecule has 0 amide bonds. The predicted molar refractivity (Wildman–Crippen MR) is 124 cm³/mol. The normalized spacial score (nSPS) is 14.4. The molecule has 0 aromatic rings. The molecule has 0 radical (unpaired) electrons. The van der Waals surface area contributed by atoms with Gasteiger partial charge in [0.1, 0.15) is 0 Å². The second kappa shape index (κ2) is 16.9. The fraction of sp³-hybridized carbons (Fsp3) is 1.00. The minimum absolute atomic E-state index is 0.00639. The lowest BCUT2D eigenvalue weighted by molar-refractivity contribution is -0.103. The van der Waals surface area contributed by atoms with Crippen molar-refractivity contribution in [2.45, 2.75) is 156 Å². The van der Waals surface area contributed by atoms with Crippen LogP contribution in [0.1, 0.15) is 150 Å². The zero-order chi connectivity index (χ0) is 20.4. The Morgan fingerprint density at radius 1 is 0.481 bits per heavy atom. The topological polar surface area (TPSA) is 9.23 Å². The second-order valence-electron chi connectivity index (χ2n) is 9.49. The van der Waals surface area contributed by atoms with E-state index in [2.05, 4.69) is 34.6 Å². The van der Waals surface area contributed by atoms with Crippen molar-refractivity contribution in [2.24, 2.45) is 5.41 Å². The lowest BCUT2D eigenvalue weighted by Gasteiger charge is -2.47. The van der Waals surface area contributed by atoms with Crippen molar-refractivity contribution in [3.8, 4) is 0 Å². The molecule has 1 unspecified atom stereocenters. The van der Waals surface area contributed by atoms with Crippen LogP contribution < -0.4 is 0 Å². The zero-order valence-corrected chi connectivity index (χ0v) is 20.1. The number of ether oxygens (including phenoxy) is 1. The van der Waals surface area contributed by atoms with Crippen LogP contribution in [0.5, 0.6) is 0 Å². The molecular weight excluding hydrogens is 328 g/mol. The van der Waals surface area contributed by atoms with Gasteiger partial charge in [-0.2, -0.15) is 0 Å². The third kappa shape index (κ3) is 11.5. The SMILES string of the molecule is CCCCCCCCCCC(CCC)(CCCCCCCC)C(C)(C)OC. The molecule has 1 atom stereocenters. The molecule has 0 aliphatic rings. The van der Waals surface area contributed by atoms with Crippen LogP contribution in [0, 0.1) is 5.41 Å². The fourth-order valence-electron chi connectivity index (χ4n) is 4.81. The summed E-state index contributed by atoms with van der Waals surface area (Å²) in [6, 6.07) is 0. The number of hydrogen-bond acceptors (Lipinski definition) is 1. The summed E-state index contributed by atoms with van der Waals surface area (Å²) < 4.78 is 6.07. The van der Waals surface area contributed by atoms with Gasteiger partial charge in [0, 0.05) is 7.11 Å². The summed E-state index contributed by atoms with van der Waals surface area (Å²) in [7, 11) is 1.93. The summed E-state index contributed by atoms with van der Waals surface area (Å²) in [5, 5.41) is 0. The van der Waals surface area contributed by atoms with Gasteiger partial charge in [-0.1, -0.05) is 117 Å². The molecule has 164 valence electrons. The Labute approximate surface area is 173 Å². The van der Waals surface area contributed by atoms with Gasteiger partial charge in [0.15, 0.2) is 0 Å². The maximum Gasteiger partial charge on any atom is 0.0678 e. The van der Waals surface area contributed by atoms with Crippen LogP contribution in [-0.2, 0) is 4.74 Å². The first-order chi connectivity index (χ1) is 13.0. The lowest BCUT2D eigenvalue weighted by Crippen LogP contribution is -2.45. The smallest absolute Gasteiger partial charge is 0.0678 e. The van der Waals surface area contributed by atoms with Crippen molar-refractivity contribution < 1.29 is 4.74 Å². The number of methoxy groups -OCH3 is 1. The highest BCUT2D eigenvalue weighted by atomic mass is 16.5. The molecule has 0 aliphatic carbocycles. The molecule has 1 heteroatoms. The molecule has 0 aliphatic heterocycles. The van der Waals surface area contributed by atoms with Crippen LogP contribution in [-0.4, -0.2) is 12.7 Å². The number of hydrogen-bond donors (Lipinski definition) is 0. The van der Waals surface area contributed by atoms with Crippen molar-refractivity contribution in [3.63, 3.8) is 0 Å². The summed E-state index contributed by atoms with van der Waals surface area (Å²) in [6.07, 6.45) is 25.0. The van der Waals surface area contributed by atoms with Gasteiger partial charge in [0.2, 0.25) is 0 Å². The fourth-order valence-corrected chi connectivity index (χ4v) is 4.81. The molecule has 0 saturated carbocycles. The van der Waals surface area contributed by atoms with Crippen molar-refractivity contribution >= 4 is 0 Å². The Morgan fingerprint density at radius 3 is 1.19 bits per heavy atom. The summed E-state index contributed by atoms with van der Waals surface area (Å²) in [5.41, 5.74) is 0.358. The van der Waals surface area contributed by atoms with Crippen LogP contribution in [0.25, 0.3) is 0 Å². The van der Waals surface area contributed by atoms with E-state index in [0.29, 0.717) is 5.41 Å². The summed E-state index contributed by atoms with van der Waals surface area (Å²) in [6.45, 7) is 11.7. The number of rotatable bonds is 20. The summed E-state index contributed by atoms with van der Waals surface area (Å²) in [4.78, 5) is 0. The predicted octanol–water partition coefficient (Wildman–Crippen LogP) is 9.48. The molecule has 0 saturated heterocycles. The molecule has 0 fully saturated rings. The first kappa shape index (κ1) is 27.0. The third-order valence-corrected chi connectivity index (χ3v) is 7.03. The molecule has 0 rings (SSSR count). The van der Waals surface area contributed by atoms with E-state index < -0.39 is 0 Å². The second-order valence-corrected chi connectivity index (χ2v) is 9.49. The standard InChI is InChI=1S/C26H54O/c1-7-10-12-14-16-17-19-21-24-26(22-9-3,25(4,5)27-6)23-20-18-15-13-11-8-2/h7-24H2,1-6H3. The van der Waals surface area contributed by atoms with E-state index in [0.717, 1.165) is 0 Å². The van der Waals surface area contributed by atoms with Gasteiger partial charge >= 0.3 is 0 Å². The highest BCUT2D eigenvalue weighted by Crippen LogP contribution is 2.47. The van der Waals surface area contributed by atoms with E-state index in [9.17, 15) is 0 Å². The van der Waals surface area contributed by atoms with E-state index in [4.69, 9.17) is 4.74 Å². The maximum atomic E-state index is 6.07. The molecule has 0 aromatic carbocycles. The van der Waals surface area contributed by atoms with Gasteiger partial charge in [-0.15, -0.1) is 0 Å². The Morgan fingerprint density at radius 2 is 0.852 bits per heavy atom. The monoisotopic (exact) mass is 382 g/mol. The maximum absolute atomic E-state index is 6.07. The Kier molecular flexibility index (Phi) is 16.8. The molecule has 0 heterocycles. The minimum Gasteiger partial charge on any atom is -0.378 e. The molecule has 0 aromatic heterocycles. The van der Waals surface area contributed by atoms with Crippen molar-refractivity contribution in [1.82, 2.24) is 0 Å². The summed E-state index contributed by atoms with van der Waals surface area (Å²) in [5.74, 6) is 0. The average Bonchev–Trinajstić information content (AvgIpc) is 2.66. The zero-order valence-electron chi connectivity index (χ0n) is 20.1. The van der Waals surface area contributed by atoms with Gasteiger partial charge in [-0.05, 0) is 38.5 Å².